The van der Waals surface area contributed by atoms with E-state index >= 15 is 0 Å². The molecule has 0 amide bonds. The van der Waals surface area contributed by atoms with E-state index in [0.29, 0.717) is 0 Å². The number of hydrogen-bond donors (Lipinski definition) is 3. The highest BCUT2D eigenvalue weighted by atomic mass is 28.4. The van der Waals surface area contributed by atoms with E-state index in [1.165, 1.54) is 6.04 Å². The minimum atomic E-state index is -1.87. The minimum absolute atomic E-state index is 0.952. The normalized spacial score (nSPS) is 16.2. The molecule has 0 spiro atoms. The average Bonchev–Trinajstić information content (AvgIpc) is 2.25. The molecule has 0 radical (unpaired) electrons. The van der Waals surface area contributed by atoms with Gasteiger partial charge < -0.3 is 14.9 Å². The zero-order valence-corrected chi connectivity index (χ0v) is 14.8. The van der Waals surface area contributed by atoms with Crippen molar-refractivity contribution >= 4 is 16.8 Å². The first-order chi connectivity index (χ1) is 7.81. The Labute approximate surface area is 110 Å². The van der Waals surface area contributed by atoms with E-state index in [1.54, 1.807) is 0 Å². The van der Waals surface area contributed by atoms with Gasteiger partial charge in [-0.1, -0.05) is 33.5 Å². The van der Waals surface area contributed by atoms with E-state index in [-0.39, 0.29) is 0 Å². The maximum absolute atomic E-state index is 3.77. The third kappa shape index (κ3) is 6.12. The van der Waals surface area contributed by atoms with Crippen molar-refractivity contribution in [2.75, 3.05) is 33.7 Å². The second kappa shape index (κ2) is 7.65. The highest BCUT2D eigenvalue weighted by Crippen LogP contribution is 2.07. The second-order valence-corrected chi connectivity index (χ2v) is 14.8. The Morgan fingerprint density at radius 2 is 1.65 bits per heavy atom. The van der Waals surface area contributed by atoms with Gasteiger partial charge in [-0.25, -0.2) is 0 Å². The van der Waals surface area contributed by atoms with Crippen LogP contribution in [0.1, 0.15) is 13.8 Å². The molecule has 0 aliphatic carbocycles. The fraction of sp³-hybridized carbons (Fsp3) is 1.00. The molecular formula is C11H32N4Si2. The van der Waals surface area contributed by atoms with Crippen LogP contribution in [0.5, 0.6) is 0 Å². The standard InChI is InChI=1S/C11H32N4Si2/c1-8-13-17(12-3,15(4)9-2)14-10-11-16(5,6)7/h12-14H,8-11H2,1-7H3. The van der Waals surface area contributed by atoms with Crippen LogP contribution in [-0.4, -0.2) is 55.1 Å². The summed E-state index contributed by atoms with van der Waals surface area (Å²) in [5.74, 6) is 0. The third-order valence-corrected chi connectivity index (χ3v) is 8.66. The smallest absolute Gasteiger partial charge is 0.303 e. The lowest BCUT2D eigenvalue weighted by Gasteiger charge is -2.39. The van der Waals surface area contributed by atoms with Gasteiger partial charge in [-0.2, -0.15) is 0 Å². The third-order valence-electron chi connectivity index (χ3n) is 3.10. The van der Waals surface area contributed by atoms with Gasteiger partial charge in [-0.15, -0.1) is 0 Å². The van der Waals surface area contributed by atoms with Crippen molar-refractivity contribution in [2.24, 2.45) is 0 Å². The first kappa shape index (κ1) is 17.3. The Hall–Kier alpha value is 0.274. The molecule has 4 nitrogen and oxygen atoms in total. The lowest BCUT2D eigenvalue weighted by atomic mass is 10.8. The predicted molar refractivity (Wildman–Crippen MR) is 83.0 cm³/mol. The van der Waals surface area contributed by atoms with E-state index in [9.17, 15) is 0 Å². The van der Waals surface area contributed by atoms with Crippen LogP contribution in [0.25, 0.3) is 0 Å². The van der Waals surface area contributed by atoms with Crippen LogP contribution in [0, 0.1) is 0 Å². The molecule has 1 unspecified atom stereocenters. The fourth-order valence-electron chi connectivity index (χ4n) is 1.81. The minimum Gasteiger partial charge on any atom is -0.303 e. The van der Waals surface area contributed by atoms with E-state index in [4.69, 9.17) is 0 Å². The Morgan fingerprint density at radius 3 is 2.00 bits per heavy atom. The van der Waals surface area contributed by atoms with Gasteiger partial charge in [0.1, 0.15) is 0 Å². The predicted octanol–water partition coefficient (Wildman–Crippen LogP) is 1.13. The van der Waals surface area contributed by atoms with Crippen LogP contribution in [0.2, 0.25) is 25.7 Å². The molecule has 1 atom stereocenters. The molecule has 0 aromatic heterocycles. The van der Waals surface area contributed by atoms with Gasteiger partial charge in [-0.3, -0.25) is 4.57 Å². The van der Waals surface area contributed by atoms with Crippen molar-refractivity contribution in [3.05, 3.63) is 0 Å². The maximum Gasteiger partial charge on any atom is 0.368 e. The van der Waals surface area contributed by atoms with Crippen molar-refractivity contribution in [1.29, 1.82) is 0 Å². The molecule has 104 valence electrons. The van der Waals surface area contributed by atoms with Crippen molar-refractivity contribution in [2.45, 2.75) is 39.5 Å². The van der Waals surface area contributed by atoms with Crippen molar-refractivity contribution in [1.82, 2.24) is 19.5 Å². The molecule has 0 saturated carbocycles. The van der Waals surface area contributed by atoms with Crippen molar-refractivity contribution in [3.8, 4) is 0 Å². The number of nitrogens with one attached hydrogen (secondary N) is 3. The van der Waals surface area contributed by atoms with E-state index in [2.05, 4.69) is 67.1 Å². The Bertz CT molecular complexity index is 208. The van der Waals surface area contributed by atoms with Crippen LogP contribution >= 0.6 is 0 Å². The summed E-state index contributed by atoms with van der Waals surface area (Å²) in [5, 5.41) is 0. The Kier molecular flexibility index (Phi) is 7.78. The van der Waals surface area contributed by atoms with Crippen molar-refractivity contribution < 1.29 is 0 Å². The number of hydrogen-bond acceptors (Lipinski definition) is 4. The van der Waals surface area contributed by atoms with Crippen LogP contribution in [0.3, 0.4) is 0 Å². The maximum atomic E-state index is 3.77. The summed E-state index contributed by atoms with van der Waals surface area (Å²) in [4.78, 5) is 10.9. The van der Waals surface area contributed by atoms with Gasteiger partial charge in [0.25, 0.3) is 0 Å². The average molecular weight is 277 g/mol. The zero-order valence-electron chi connectivity index (χ0n) is 12.8. The topological polar surface area (TPSA) is 39.3 Å². The summed E-state index contributed by atoms with van der Waals surface area (Å²) in [6, 6.07) is 1.33. The summed E-state index contributed by atoms with van der Waals surface area (Å²) in [5.41, 5.74) is 0. The molecular weight excluding hydrogens is 244 g/mol. The van der Waals surface area contributed by atoms with Gasteiger partial charge >= 0.3 is 8.72 Å². The summed E-state index contributed by atoms with van der Waals surface area (Å²) >= 11 is 0. The fourth-order valence-corrected chi connectivity index (χ4v) is 5.81. The quantitative estimate of drug-likeness (QED) is 0.552. The van der Waals surface area contributed by atoms with Gasteiger partial charge in [0.15, 0.2) is 0 Å². The second-order valence-electron chi connectivity index (χ2n) is 5.74. The lowest BCUT2D eigenvalue weighted by Crippen LogP contribution is -2.80. The highest BCUT2D eigenvalue weighted by molar-refractivity contribution is 6.76. The molecule has 17 heavy (non-hydrogen) atoms. The molecule has 0 aromatic rings. The molecule has 6 heteroatoms. The van der Waals surface area contributed by atoms with Crippen molar-refractivity contribution in [3.63, 3.8) is 0 Å². The van der Waals surface area contributed by atoms with E-state index in [1.807, 2.05) is 0 Å². The molecule has 3 N–H and O–H groups in total. The molecule has 0 rings (SSSR count). The molecule has 0 aliphatic rings. The Morgan fingerprint density at radius 1 is 1.06 bits per heavy atom. The number of nitrogens with zero attached hydrogens (tertiary/aromatic N) is 1. The van der Waals surface area contributed by atoms with Gasteiger partial charge in [0.2, 0.25) is 0 Å². The summed E-state index contributed by atoms with van der Waals surface area (Å²) < 4.78 is 2.40. The first-order valence-electron chi connectivity index (χ1n) is 6.71. The monoisotopic (exact) mass is 276 g/mol. The van der Waals surface area contributed by atoms with Crippen LogP contribution in [-0.2, 0) is 0 Å². The molecule has 0 aromatic carbocycles. The molecule has 0 bridgehead atoms. The molecule has 0 saturated heterocycles. The van der Waals surface area contributed by atoms with Gasteiger partial charge in [0, 0.05) is 8.07 Å². The Balaban J connectivity index is 4.47. The summed E-state index contributed by atoms with van der Waals surface area (Å²) in [6.07, 6.45) is 0. The molecule has 0 heterocycles. The van der Waals surface area contributed by atoms with Crippen LogP contribution < -0.4 is 14.9 Å². The zero-order chi connectivity index (χ0) is 13.5. The molecule has 0 aliphatic heterocycles. The summed E-state index contributed by atoms with van der Waals surface area (Å²) in [6.45, 7) is 14.8. The number of rotatable bonds is 9. The van der Waals surface area contributed by atoms with Gasteiger partial charge in [-0.05, 0) is 39.8 Å². The molecule has 0 fully saturated rings. The largest absolute Gasteiger partial charge is 0.368 e. The van der Waals surface area contributed by atoms with E-state index < -0.39 is 16.8 Å². The SMILES string of the molecule is CCN[Si](NC)(NCC[Si](C)(C)C)N(C)CC. The van der Waals surface area contributed by atoms with Crippen LogP contribution in [0.4, 0.5) is 0 Å². The highest BCUT2D eigenvalue weighted by Gasteiger charge is 2.36. The first-order valence-corrected chi connectivity index (χ1v) is 12.4. The summed E-state index contributed by atoms with van der Waals surface area (Å²) in [7, 11) is 1.43. The van der Waals surface area contributed by atoms with E-state index in [0.717, 1.165) is 19.6 Å². The van der Waals surface area contributed by atoms with Gasteiger partial charge in [0.05, 0.1) is 0 Å². The lowest BCUT2D eigenvalue weighted by molar-refractivity contribution is 0.475. The van der Waals surface area contributed by atoms with Crippen LogP contribution in [0.15, 0.2) is 0 Å².